The lowest BCUT2D eigenvalue weighted by atomic mass is 10.1. The van der Waals surface area contributed by atoms with Crippen LogP contribution in [0, 0.1) is 0 Å². The number of hydrogen-bond donors (Lipinski definition) is 2. The summed E-state index contributed by atoms with van der Waals surface area (Å²) in [6.07, 6.45) is 1.91. The normalized spacial score (nSPS) is 11.6. The Morgan fingerprint density at radius 3 is 2.45 bits per heavy atom. The summed E-state index contributed by atoms with van der Waals surface area (Å²) in [7, 11) is 1.72. The van der Waals surface area contributed by atoms with Gasteiger partial charge in [0.25, 0.3) is 0 Å². The molecule has 0 heterocycles. The zero-order valence-corrected chi connectivity index (χ0v) is 12.9. The van der Waals surface area contributed by atoms with E-state index < -0.39 is 0 Å². The third kappa shape index (κ3) is 6.89. The monoisotopic (exact) mass is 280 g/mol. The van der Waals surface area contributed by atoms with Crippen molar-refractivity contribution >= 4 is 0 Å². The van der Waals surface area contributed by atoms with Crippen molar-refractivity contribution in [1.29, 1.82) is 0 Å². The Labute approximate surface area is 122 Å². The Balaban J connectivity index is 2.19. The van der Waals surface area contributed by atoms with Gasteiger partial charge in [-0.25, -0.2) is 0 Å². The first-order valence-electron chi connectivity index (χ1n) is 7.23. The van der Waals surface area contributed by atoms with E-state index in [0.717, 1.165) is 31.7 Å². The Morgan fingerprint density at radius 2 is 1.85 bits per heavy atom. The molecule has 20 heavy (non-hydrogen) atoms. The van der Waals surface area contributed by atoms with Gasteiger partial charge in [-0.3, -0.25) is 0 Å². The molecule has 0 saturated heterocycles. The van der Waals surface area contributed by atoms with Crippen LogP contribution in [-0.4, -0.2) is 39.0 Å². The fourth-order valence-electron chi connectivity index (χ4n) is 1.73. The quantitative estimate of drug-likeness (QED) is 0.643. The molecule has 0 atom stereocenters. The molecule has 4 heteroatoms. The number of nitrogens with two attached hydrogens (primary N) is 1. The lowest BCUT2D eigenvalue weighted by Crippen LogP contribution is -2.46. The number of methoxy groups -OCH3 is 1. The van der Waals surface area contributed by atoms with Crippen molar-refractivity contribution in [2.45, 2.75) is 32.2 Å². The Bertz CT molecular complexity index is 363. The van der Waals surface area contributed by atoms with Crippen molar-refractivity contribution in [3.05, 3.63) is 29.8 Å². The fraction of sp³-hybridized carbons (Fsp3) is 0.625. The van der Waals surface area contributed by atoms with Crippen LogP contribution in [-0.2, 0) is 11.2 Å². The summed E-state index contributed by atoms with van der Waals surface area (Å²) in [5.41, 5.74) is 6.93. The largest absolute Gasteiger partial charge is 0.494 e. The summed E-state index contributed by atoms with van der Waals surface area (Å²) in [6, 6.07) is 8.21. The van der Waals surface area contributed by atoms with Crippen LogP contribution >= 0.6 is 0 Å². The standard InChI is InChI=1S/C16H28N2O2/c1-16(2,13-17)18-10-4-11-20-15-7-5-14(6-8-15)9-12-19-3/h5-8,18H,4,9-13,17H2,1-3H3. The number of rotatable bonds is 10. The molecule has 0 fully saturated rings. The smallest absolute Gasteiger partial charge is 0.119 e. The second-order valence-electron chi connectivity index (χ2n) is 5.60. The molecule has 0 bridgehead atoms. The fourth-order valence-corrected chi connectivity index (χ4v) is 1.73. The van der Waals surface area contributed by atoms with Crippen LogP contribution in [0.25, 0.3) is 0 Å². The van der Waals surface area contributed by atoms with Gasteiger partial charge >= 0.3 is 0 Å². The summed E-state index contributed by atoms with van der Waals surface area (Å²) >= 11 is 0. The number of ether oxygens (including phenoxy) is 2. The first-order chi connectivity index (χ1) is 9.57. The van der Waals surface area contributed by atoms with Crippen molar-refractivity contribution in [3.63, 3.8) is 0 Å². The average molecular weight is 280 g/mol. The molecule has 0 aromatic heterocycles. The molecule has 0 amide bonds. The summed E-state index contributed by atoms with van der Waals surface area (Å²) in [5.74, 6) is 0.921. The van der Waals surface area contributed by atoms with E-state index in [0.29, 0.717) is 13.2 Å². The van der Waals surface area contributed by atoms with Gasteiger partial charge in [-0.1, -0.05) is 12.1 Å². The van der Waals surface area contributed by atoms with Crippen LogP contribution < -0.4 is 15.8 Å². The first-order valence-corrected chi connectivity index (χ1v) is 7.23. The lowest BCUT2D eigenvalue weighted by Gasteiger charge is -2.24. The zero-order chi connectivity index (χ0) is 14.8. The van der Waals surface area contributed by atoms with Crippen LogP contribution in [0.3, 0.4) is 0 Å². The Hall–Kier alpha value is -1.10. The highest BCUT2D eigenvalue weighted by molar-refractivity contribution is 5.27. The SMILES string of the molecule is COCCc1ccc(OCCCNC(C)(C)CN)cc1. The van der Waals surface area contributed by atoms with Crippen LogP contribution in [0.2, 0.25) is 0 Å². The van der Waals surface area contributed by atoms with Gasteiger partial charge in [-0.05, 0) is 50.9 Å². The van der Waals surface area contributed by atoms with Crippen molar-refractivity contribution in [3.8, 4) is 5.75 Å². The highest BCUT2D eigenvalue weighted by Gasteiger charge is 2.12. The molecule has 0 aliphatic rings. The van der Waals surface area contributed by atoms with Crippen LogP contribution in [0.5, 0.6) is 5.75 Å². The van der Waals surface area contributed by atoms with E-state index in [1.54, 1.807) is 7.11 Å². The Morgan fingerprint density at radius 1 is 1.15 bits per heavy atom. The van der Waals surface area contributed by atoms with E-state index in [2.05, 4.69) is 31.3 Å². The predicted octanol–water partition coefficient (Wildman–Crippen LogP) is 1.97. The predicted molar refractivity (Wildman–Crippen MR) is 83.3 cm³/mol. The van der Waals surface area contributed by atoms with Crippen LogP contribution in [0.4, 0.5) is 0 Å². The molecule has 4 nitrogen and oxygen atoms in total. The molecule has 1 rings (SSSR count). The third-order valence-electron chi connectivity index (χ3n) is 3.22. The summed E-state index contributed by atoms with van der Waals surface area (Å²) in [4.78, 5) is 0. The van der Waals surface area contributed by atoms with Crippen molar-refractivity contribution in [1.82, 2.24) is 5.32 Å². The maximum atomic E-state index is 5.71. The molecule has 114 valence electrons. The Kier molecular flexibility index (Phi) is 7.59. The maximum absolute atomic E-state index is 5.71. The lowest BCUT2D eigenvalue weighted by molar-refractivity contribution is 0.202. The van der Waals surface area contributed by atoms with E-state index >= 15 is 0 Å². The van der Waals surface area contributed by atoms with E-state index in [1.807, 2.05) is 12.1 Å². The second-order valence-corrected chi connectivity index (χ2v) is 5.60. The van der Waals surface area contributed by atoms with Gasteiger partial charge < -0.3 is 20.5 Å². The number of nitrogens with one attached hydrogen (secondary N) is 1. The molecular weight excluding hydrogens is 252 g/mol. The highest BCUT2D eigenvalue weighted by atomic mass is 16.5. The van der Waals surface area contributed by atoms with Crippen molar-refractivity contribution in [2.75, 3.05) is 33.4 Å². The number of hydrogen-bond acceptors (Lipinski definition) is 4. The zero-order valence-electron chi connectivity index (χ0n) is 12.9. The van der Waals surface area contributed by atoms with Crippen LogP contribution in [0.1, 0.15) is 25.8 Å². The van der Waals surface area contributed by atoms with Crippen LogP contribution in [0.15, 0.2) is 24.3 Å². The van der Waals surface area contributed by atoms with Gasteiger partial charge in [0, 0.05) is 19.2 Å². The molecule has 3 N–H and O–H groups in total. The maximum Gasteiger partial charge on any atom is 0.119 e. The minimum Gasteiger partial charge on any atom is -0.494 e. The third-order valence-corrected chi connectivity index (χ3v) is 3.22. The topological polar surface area (TPSA) is 56.5 Å². The molecule has 0 spiro atoms. The van der Waals surface area contributed by atoms with Gasteiger partial charge in [-0.2, -0.15) is 0 Å². The van der Waals surface area contributed by atoms with E-state index in [1.165, 1.54) is 5.56 Å². The van der Waals surface area contributed by atoms with E-state index in [-0.39, 0.29) is 5.54 Å². The molecular formula is C16H28N2O2. The summed E-state index contributed by atoms with van der Waals surface area (Å²) in [5, 5.41) is 3.41. The summed E-state index contributed by atoms with van der Waals surface area (Å²) in [6.45, 7) is 7.22. The van der Waals surface area contributed by atoms with Gasteiger partial charge in [0.15, 0.2) is 0 Å². The molecule has 1 aromatic rings. The van der Waals surface area contributed by atoms with E-state index in [9.17, 15) is 0 Å². The van der Waals surface area contributed by atoms with Gasteiger partial charge in [-0.15, -0.1) is 0 Å². The molecule has 0 saturated carbocycles. The molecule has 0 unspecified atom stereocenters. The van der Waals surface area contributed by atoms with Crippen molar-refractivity contribution in [2.24, 2.45) is 5.73 Å². The van der Waals surface area contributed by atoms with E-state index in [4.69, 9.17) is 15.2 Å². The summed E-state index contributed by atoms with van der Waals surface area (Å²) < 4.78 is 10.8. The minimum atomic E-state index is 0.00297. The molecule has 0 radical (unpaired) electrons. The minimum absolute atomic E-state index is 0.00297. The second kappa shape index (κ2) is 8.95. The van der Waals surface area contributed by atoms with Gasteiger partial charge in [0.05, 0.1) is 13.2 Å². The van der Waals surface area contributed by atoms with Gasteiger partial charge in [0.1, 0.15) is 5.75 Å². The van der Waals surface area contributed by atoms with Crippen molar-refractivity contribution < 1.29 is 9.47 Å². The first kappa shape index (κ1) is 17.0. The molecule has 0 aliphatic heterocycles. The molecule has 0 aliphatic carbocycles. The average Bonchev–Trinajstić information content (AvgIpc) is 2.46. The van der Waals surface area contributed by atoms with Gasteiger partial charge in [0.2, 0.25) is 0 Å². The number of benzene rings is 1. The highest BCUT2D eigenvalue weighted by Crippen LogP contribution is 2.12. The molecule has 1 aromatic carbocycles.